The van der Waals surface area contributed by atoms with Crippen LogP contribution in [0.2, 0.25) is 0 Å². The minimum absolute atomic E-state index is 0.178. The molecule has 0 aromatic rings. The Hall–Kier alpha value is -0.0900. The summed E-state index contributed by atoms with van der Waals surface area (Å²) in [5, 5.41) is 0.630. The highest BCUT2D eigenvalue weighted by atomic mass is 79.9. The monoisotopic (exact) mass is 420 g/mol. The average molecular weight is 422 g/mol. The normalized spacial score (nSPS) is 27.3. The fourth-order valence-corrected chi connectivity index (χ4v) is 4.15. The first-order valence-electron chi connectivity index (χ1n) is 7.41. The van der Waals surface area contributed by atoms with Crippen LogP contribution in [0.1, 0.15) is 47.0 Å². The SMILES string of the molecule is C=C1CC[C@H](Br)C(C)(C)[C@@H]1C/C=C(/C)C(CBr)OC(C)=O. The van der Waals surface area contributed by atoms with E-state index >= 15 is 0 Å². The number of hydrogen-bond acceptors (Lipinski definition) is 2. The fourth-order valence-electron chi connectivity index (χ4n) is 2.95. The van der Waals surface area contributed by atoms with Gasteiger partial charge in [-0.25, -0.2) is 0 Å². The molecule has 1 aliphatic carbocycles. The Morgan fingerprint density at radius 1 is 1.52 bits per heavy atom. The molecule has 2 nitrogen and oxygen atoms in total. The molecule has 1 fully saturated rings. The highest BCUT2D eigenvalue weighted by Crippen LogP contribution is 2.48. The topological polar surface area (TPSA) is 26.3 Å². The van der Waals surface area contributed by atoms with Gasteiger partial charge < -0.3 is 4.74 Å². The summed E-state index contributed by atoms with van der Waals surface area (Å²) >= 11 is 7.23. The molecule has 0 aromatic carbocycles. The van der Waals surface area contributed by atoms with E-state index < -0.39 is 0 Å². The zero-order chi connectivity index (χ0) is 16.2. The molecule has 0 heterocycles. The lowest BCUT2D eigenvalue weighted by Gasteiger charge is -2.44. The maximum absolute atomic E-state index is 11.1. The van der Waals surface area contributed by atoms with Crippen molar-refractivity contribution < 1.29 is 9.53 Å². The molecule has 120 valence electrons. The summed E-state index contributed by atoms with van der Waals surface area (Å²) in [4.78, 5) is 11.7. The standard InChI is InChI=1S/C17H26Br2O2/c1-11-7-9-16(19)17(4,5)14(11)8-6-12(2)15(10-18)21-13(3)20/h6,14-16H,1,7-10H2,2-5H3/b12-6-/t14-,15?,16+/m1/s1. The second-order valence-electron chi connectivity index (χ2n) is 6.47. The Morgan fingerprint density at radius 2 is 2.14 bits per heavy atom. The molecule has 3 atom stereocenters. The van der Waals surface area contributed by atoms with Crippen molar-refractivity contribution in [2.24, 2.45) is 11.3 Å². The van der Waals surface area contributed by atoms with Crippen LogP contribution in [0.5, 0.6) is 0 Å². The van der Waals surface area contributed by atoms with Gasteiger partial charge in [0.25, 0.3) is 0 Å². The van der Waals surface area contributed by atoms with Crippen molar-refractivity contribution in [1.82, 2.24) is 0 Å². The zero-order valence-electron chi connectivity index (χ0n) is 13.4. The van der Waals surface area contributed by atoms with Crippen LogP contribution in [0.3, 0.4) is 0 Å². The van der Waals surface area contributed by atoms with Crippen molar-refractivity contribution >= 4 is 37.8 Å². The Balaban J connectivity index is 2.80. The predicted octanol–water partition coefficient (Wildman–Crippen LogP) is 5.41. The molecule has 0 spiro atoms. The molecule has 0 N–H and O–H groups in total. The minimum Gasteiger partial charge on any atom is -0.457 e. The fraction of sp³-hybridized carbons (Fsp3) is 0.706. The number of rotatable bonds is 5. The molecule has 0 saturated heterocycles. The third-order valence-corrected chi connectivity index (χ3v) is 6.77. The van der Waals surface area contributed by atoms with Gasteiger partial charge in [0.2, 0.25) is 0 Å². The van der Waals surface area contributed by atoms with Crippen LogP contribution in [-0.4, -0.2) is 22.2 Å². The largest absolute Gasteiger partial charge is 0.457 e. The van der Waals surface area contributed by atoms with Crippen LogP contribution >= 0.6 is 31.9 Å². The van der Waals surface area contributed by atoms with Gasteiger partial charge in [0, 0.05) is 17.1 Å². The summed E-state index contributed by atoms with van der Waals surface area (Å²) in [7, 11) is 0. The van der Waals surface area contributed by atoms with E-state index in [4.69, 9.17) is 4.74 Å². The molecule has 1 unspecified atom stereocenters. The quantitative estimate of drug-likeness (QED) is 0.337. The molecule has 1 aliphatic rings. The number of ether oxygens (including phenoxy) is 1. The summed E-state index contributed by atoms with van der Waals surface area (Å²) in [6.07, 6.45) is 5.22. The van der Waals surface area contributed by atoms with E-state index in [1.54, 1.807) is 0 Å². The second-order valence-corrected chi connectivity index (χ2v) is 8.23. The zero-order valence-corrected chi connectivity index (χ0v) is 16.6. The van der Waals surface area contributed by atoms with Crippen LogP contribution in [-0.2, 0) is 9.53 Å². The van der Waals surface area contributed by atoms with E-state index in [1.807, 2.05) is 6.92 Å². The van der Waals surface area contributed by atoms with Gasteiger partial charge in [0.1, 0.15) is 6.10 Å². The van der Waals surface area contributed by atoms with E-state index in [0.29, 0.717) is 16.1 Å². The van der Waals surface area contributed by atoms with Crippen molar-refractivity contribution in [2.45, 2.75) is 57.9 Å². The number of alkyl halides is 2. The maximum atomic E-state index is 11.1. The van der Waals surface area contributed by atoms with Crippen molar-refractivity contribution in [3.8, 4) is 0 Å². The molecule has 0 radical (unpaired) electrons. The Morgan fingerprint density at radius 3 is 2.67 bits per heavy atom. The number of halogens is 2. The molecular weight excluding hydrogens is 396 g/mol. The molecule has 0 bridgehead atoms. The van der Waals surface area contributed by atoms with Crippen molar-refractivity contribution in [3.63, 3.8) is 0 Å². The van der Waals surface area contributed by atoms with E-state index in [-0.39, 0.29) is 17.5 Å². The average Bonchev–Trinajstić information content (AvgIpc) is 2.39. The molecular formula is C17H26Br2O2. The highest BCUT2D eigenvalue weighted by molar-refractivity contribution is 9.09. The summed E-state index contributed by atoms with van der Waals surface area (Å²) in [5.74, 6) is 0.217. The molecule has 1 rings (SSSR count). The third-order valence-electron chi connectivity index (χ3n) is 4.55. The Bertz CT molecular complexity index is 427. The first kappa shape index (κ1) is 19.0. The summed E-state index contributed by atoms with van der Waals surface area (Å²) in [6, 6.07) is 0. The van der Waals surface area contributed by atoms with Gasteiger partial charge in [0.05, 0.1) is 0 Å². The number of esters is 1. The number of carbonyl (C=O) groups is 1. The maximum Gasteiger partial charge on any atom is 0.303 e. The van der Waals surface area contributed by atoms with Crippen LogP contribution in [0.4, 0.5) is 0 Å². The van der Waals surface area contributed by atoms with Gasteiger partial charge in [0.15, 0.2) is 0 Å². The van der Waals surface area contributed by atoms with Crippen molar-refractivity contribution in [3.05, 3.63) is 23.8 Å². The van der Waals surface area contributed by atoms with Crippen molar-refractivity contribution in [2.75, 3.05) is 5.33 Å². The predicted molar refractivity (Wildman–Crippen MR) is 96.1 cm³/mol. The van der Waals surface area contributed by atoms with E-state index in [1.165, 1.54) is 12.5 Å². The molecule has 0 aromatic heterocycles. The second kappa shape index (κ2) is 7.96. The van der Waals surface area contributed by atoms with Gasteiger partial charge in [-0.05, 0) is 43.1 Å². The van der Waals surface area contributed by atoms with Crippen LogP contribution in [0.25, 0.3) is 0 Å². The minimum atomic E-state index is -0.241. The lowest BCUT2D eigenvalue weighted by molar-refractivity contribution is -0.143. The first-order valence-corrected chi connectivity index (χ1v) is 9.45. The molecule has 4 heteroatoms. The van der Waals surface area contributed by atoms with Crippen LogP contribution < -0.4 is 0 Å². The van der Waals surface area contributed by atoms with Gasteiger partial charge in [-0.15, -0.1) is 0 Å². The summed E-state index contributed by atoms with van der Waals surface area (Å²) in [5.41, 5.74) is 2.63. The van der Waals surface area contributed by atoms with Gasteiger partial charge >= 0.3 is 5.97 Å². The smallest absolute Gasteiger partial charge is 0.303 e. The highest BCUT2D eigenvalue weighted by Gasteiger charge is 2.40. The number of hydrogen-bond donors (Lipinski definition) is 0. The molecule has 0 aliphatic heterocycles. The first-order chi connectivity index (χ1) is 9.70. The van der Waals surface area contributed by atoms with Gasteiger partial charge in [-0.1, -0.05) is 63.9 Å². The van der Waals surface area contributed by atoms with Crippen LogP contribution in [0.15, 0.2) is 23.8 Å². The molecule has 0 amide bonds. The molecule has 1 saturated carbocycles. The Labute approximate surface area is 145 Å². The molecule has 21 heavy (non-hydrogen) atoms. The van der Waals surface area contributed by atoms with E-state index in [2.05, 4.69) is 58.4 Å². The summed E-state index contributed by atoms with van der Waals surface area (Å²) < 4.78 is 5.32. The van der Waals surface area contributed by atoms with Crippen molar-refractivity contribution in [1.29, 1.82) is 0 Å². The van der Waals surface area contributed by atoms with Crippen LogP contribution in [0, 0.1) is 11.3 Å². The lowest BCUT2D eigenvalue weighted by Crippen LogP contribution is -2.38. The van der Waals surface area contributed by atoms with Gasteiger partial charge in [-0.2, -0.15) is 0 Å². The Kier molecular flexibility index (Phi) is 7.18. The van der Waals surface area contributed by atoms with E-state index in [9.17, 15) is 4.79 Å². The summed E-state index contributed by atoms with van der Waals surface area (Å²) in [6.45, 7) is 12.4. The van der Waals surface area contributed by atoms with Gasteiger partial charge in [-0.3, -0.25) is 4.79 Å². The lowest BCUT2D eigenvalue weighted by atomic mass is 9.65. The third kappa shape index (κ3) is 4.95. The number of allylic oxidation sites excluding steroid dienone is 2. The van der Waals surface area contributed by atoms with E-state index in [0.717, 1.165) is 24.8 Å². The number of carbonyl (C=O) groups excluding carboxylic acids is 1.